The molecule has 1 aliphatic rings. The molecule has 2 heterocycles. The minimum Gasteiger partial charge on any atom is -0.385 e. The first kappa shape index (κ1) is 21.4. The van der Waals surface area contributed by atoms with Crippen LogP contribution in [0.5, 0.6) is 0 Å². The summed E-state index contributed by atoms with van der Waals surface area (Å²) in [5.41, 5.74) is 1.39. The molecule has 0 amide bonds. The summed E-state index contributed by atoms with van der Waals surface area (Å²) in [6.07, 6.45) is 5.90. The van der Waals surface area contributed by atoms with Crippen molar-refractivity contribution in [2.45, 2.75) is 37.3 Å². The van der Waals surface area contributed by atoms with E-state index < -0.39 is 5.60 Å². The molecule has 5 nitrogen and oxygen atoms in total. The Morgan fingerprint density at radius 2 is 2.17 bits per heavy atom. The summed E-state index contributed by atoms with van der Waals surface area (Å²) in [6.45, 7) is 2.53. The van der Waals surface area contributed by atoms with Crippen LogP contribution in [0.4, 0.5) is 4.39 Å². The fourth-order valence-corrected chi connectivity index (χ4v) is 4.25. The Bertz CT molecular complexity index is 866. The minimum atomic E-state index is -0.920. The van der Waals surface area contributed by atoms with E-state index in [1.54, 1.807) is 24.4 Å². The number of pyridine rings is 1. The molecule has 154 valence electrons. The van der Waals surface area contributed by atoms with E-state index >= 15 is 0 Å². The Kier molecular flexibility index (Phi) is 6.96. The zero-order valence-electron chi connectivity index (χ0n) is 17.2. The van der Waals surface area contributed by atoms with Crippen LogP contribution in [0.25, 0.3) is 0 Å². The van der Waals surface area contributed by atoms with Gasteiger partial charge < -0.3 is 10.0 Å². The number of halogens is 1. The molecule has 29 heavy (non-hydrogen) atoms. The molecule has 1 saturated heterocycles. The number of hydrogen-bond acceptors (Lipinski definition) is 5. The second kappa shape index (κ2) is 9.45. The number of aromatic nitrogens is 1. The van der Waals surface area contributed by atoms with Crippen molar-refractivity contribution >= 4 is 0 Å². The van der Waals surface area contributed by atoms with Crippen LogP contribution in [0.3, 0.4) is 0 Å². The largest absolute Gasteiger partial charge is 0.385 e. The average molecular weight is 397 g/mol. The van der Waals surface area contributed by atoms with Gasteiger partial charge in [0, 0.05) is 25.3 Å². The monoisotopic (exact) mass is 396 g/mol. The van der Waals surface area contributed by atoms with Crippen molar-refractivity contribution in [3.63, 3.8) is 0 Å². The van der Waals surface area contributed by atoms with Gasteiger partial charge >= 0.3 is 0 Å². The van der Waals surface area contributed by atoms with Crippen molar-refractivity contribution in [3.05, 3.63) is 65.2 Å². The van der Waals surface area contributed by atoms with E-state index in [0.29, 0.717) is 18.4 Å². The first-order chi connectivity index (χ1) is 13.9. The van der Waals surface area contributed by atoms with Gasteiger partial charge in [0.2, 0.25) is 0 Å². The minimum absolute atomic E-state index is 0.208. The van der Waals surface area contributed by atoms with Crippen LogP contribution in [0.15, 0.2) is 42.7 Å². The van der Waals surface area contributed by atoms with Crippen molar-refractivity contribution in [3.8, 4) is 6.07 Å². The van der Waals surface area contributed by atoms with E-state index in [1.807, 2.05) is 26.2 Å². The molecule has 0 spiro atoms. The van der Waals surface area contributed by atoms with E-state index in [1.165, 1.54) is 6.20 Å². The molecular formula is C23H29FN4O. The number of nitrogens with zero attached hydrogens (tertiary/aromatic N) is 4. The Balaban J connectivity index is 1.67. The maximum Gasteiger partial charge on any atom is 0.141 e. The van der Waals surface area contributed by atoms with Crippen LogP contribution in [0.2, 0.25) is 0 Å². The Labute approximate surface area is 172 Å². The highest BCUT2D eigenvalue weighted by Crippen LogP contribution is 2.36. The number of benzene rings is 1. The predicted octanol–water partition coefficient (Wildman–Crippen LogP) is 2.94. The number of aryl methyl sites for hydroxylation is 1. The molecule has 2 aromatic rings. The lowest BCUT2D eigenvalue weighted by atomic mass is 9.80. The van der Waals surface area contributed by atoms with Crippen LogP contribution in [0, 0.1) is 17.1 Å². The lowest BCUT2D eigenvalue weighted by Gasteiger charge is -2.45. The van der Waals surface area contributed by atoms with Crippen molar-refractivity contribution in [1.29, 1.82) is 5.26 Å². The predicted molar refractivity (Wildman–Crippen MR) is 111 cm³/mol. The van der Waals surface area contributed by atoms with Crippen molar-refractivity contribution < 1.29 is 9.50 Å². The molecule has 3 rings (SSSR count). The Morgan fingerprint density at radius 1 is 1.34 bits per heavy atom. The third-order valence-electron chi connectivity index (χ3n) is 5.68. The van der Waals surface area contributed by atoms with Crippen molar-refractivity contribution in [2.24, 2.45) is 0 Å². The first-order valence-corrected chi connectivity index (χ1v) is 10.1. The molecule has 1 aromatic heterocycles. The van der Waals surface area contributed by atoms with Crippen molar-refractivity contribution in [2.75, 3.05) is 33.7 Å². The lowest BCUT2D eigenvalue weighted by Crippen LogP contribution is -2.52. The number of aliphatic hydroxyl groups is 1. The standard InChI is InChI=1S/C23H29FN4O/c1-27(2)17-22-13-23(29,20-7-3-5-18(11-20)14-25)8-10-28(22)9-4-6-19-12-21(24)16-26-15-19/h3,5,7,11-12,15-16,22,29H,4,6,8-10,13,17H2,1-2H3/t22?,23-/m1/s1. The summed E-state index contributed by atoms with van der Waals surface area (Å²) >= 11 is 0. The van der Waals surface area contributed by atoms with Gasteiger partial charge in [-0.3, -0.25) is 9.88 Å². The molecular weight excluding hydrogens is 367 g/mol. The zero-order valence-corrected chi connectivity index (χ0v) is 17.2. The van der Waals surface area contributed by atoms with Gasteiger partial charge in [0.05, 0.1) is 23.4 Å². The van der Waals surface area contributed by atoms with Crippen LogP contribution in [-0.4, -0.2) is 59.7 Å². The molecule has 0 bridgehead atoms. The number of piperidine rings is 1. The number of rotatable bonds is 7. The van der Waals surface area contributed by atoms with E-state index in [9.17, 15) is 14.8 Å². The van der Waals surface area contributed by atoms with Crippen LogP contribution < -0.4 is 0 Å². The summed E-state index contributed by atoms with van der Waals surface area (Å²) in [4.78, 5) is 8.49. The van der Waals surface area contributed by atoms with Crippen LogP contribution in [-0.2, 0) is 12.0 Å². The normalized spacial score (nSPS) is 22.6. The Morgan fingerprint density at radius 3 is 2.90 bits per heavy atom. The smallest absolute Gasteiger partial charge is 0.141 e. The SMILES string of the molecule is CN(C)CC1C[C@@](O)(c2cccc(C#N)c2)CCN1CCCc1cncc(F)c1. The third kappa shape index (κ3) is 5.60. The van der Waals surface area contributed by atoms with Crippen molar-refractivity contribution in [1.82, 2.24) is 14.8 Å². The van der Waals surface area contributed by atoms with Gasteiger partial charge in [-0.2, -0.15) is 5.26 Å². The molecule has 0 aliphatic carbocycles. The van der Waals surface area contributed by atoms with Crippen LogP contribution in [0.1, 0.15) is 36.0 Å². The highest BCUT2D eigenvalue weighted by molar-refractivity contribution is 5.36. The molecule has 1 N–H and O–H groups in total. The fourth-order valence-electron chi connectivity index (χ4n) is 4.25. The average Bonchev–Trinajstić information content (AvgIpc) is 2.69. The summed E-state index contributed by atoms with van der Waals surface area (Å²) in [5, 5.41) is 20.6. The molecule has 1 unspecified atom stereocenters. The van der Waals surface area contributed by atoms with Gasteiger partial charge in [-0.25, -0.2) is 4.39 Å². The second-order valence-corrected chi connectivity index (χ2v) is 8.25. The first-order valence-electron chi connectivity index (χ1n) is 10.1. The second-order valence-electron chi connectivity index (χ2n) is 8.25. The van der Waals surface area contributed by atoms with E-state index in [4.69, 9.17) is 0 Å². The maximum absolute atomic E-state index is 13.3. The molecule has 2 atom stereocenters. The fraction of sp³-hybridized carbons (Fsp3) is 0.478. The van der Waals surface area contributed by atoms with Gasteiger partial charge in [-0.15, -0.1) is 0 Å². The highest BCUT2D eigenvalue weighted by Gasteiger charge is 2.39. The molecule has 0 radical (unpaired) electrons. The summed E-state index contributed by atoms with van der Waals surface area (Å²) in [7, 11) is 4.08. The van der Waals surface area contributed by atoms with Crippen LogP contribution >= 0.6 is 0 Å². The zero-order chi connectivity index (χ0) is 20.9. The quantitative estimate of drug-likeness (QED) is 0.780. The van der Waals surface area contributed by atoms with Gasteiger partial charge in [0.25, 0.3) is 0 Å². The number of likely N-dealkylation sites (tertiary alicyclic amines) is 1. The van der Waals surface area contributed by atoms with E-state index in [0.717, 1.165) is 43.6 Å². The molecule has 0 saturated carbocycles. The summed E-state index contributed by atoms with van der Waals surface area (Å²) < 4.78 is 13.3. The number of likely N-dealkylation sites (N-methyl/N-ethyl adjacent to an activating group) is 1. The van der Waals surface area contributed by atoms with E-state index in [-0.39, 0.29) is 11.9 Å². The van der Waals surface area contributed by atoms with E-state index in [2.05, 4.69) is 20.9 Å². The number of hydrogen-bond donors (Lipinski definition) is 1. The Hall–Kier alpha value is -2.33. The molecule has 6 heteroatoms. The van der Waals surface area contributed by atoms with Gasteiger partial charge in [0.15, 0.2) is 0 Å². The molecule has 1 aliphatic heterocycles. The molecule has 1 fully saturated rings. The summed E-state index contributed by atoms with van der Waals surface area (Å²) in [5.74, 6) is -0.296. The number of nitriles is 1. The lowest BCUT2D eigenvalue weighted by molar-refractivity contribution is -0.0564. The maximum atomic E-state index is 13.3. The van der Waals surface area contributed by atoms with Gasteiger partial charge in [-0.05, 0) is 75.6 Å². The third-order valence-corrected chi connectivity index (χ3v) is 5.68. The van der Waals surface area contributed by atoms with Gasteiger partial charge in [0.1, 0.15) is 5.82 Å². The van der Waals surface area contributed by atoms with Gasteiger partial charge in [-0.1, -0.05) is 12.1 Å². The highest BCUT2D eigenvalue weighted by atomic mass is 19.1. The topological polar surface area (TPSA) is 63.4 Å². The summed E-state index contributed by atoms with van der Waals surface area (Å²) in [6, 6.07) is 11.2. The molecule has 1 aromatic carbocycles.